The molecular formula is C16H19NO3S. The molecule has 1 unspecified atom stereocenters. The lowest BCUT2D eigenvalue weighted by Gasteiger charge is -2.14. The van der Waals surface area contributed by atoms with Gasteiger partial charge in [-0.3, -0.25) is 4.79 Å². The SMILES string of the molecule is O=C(C=Cc1ccoc1)NCCC(CCO)c1ccsc1. The van der Waals surface area contributed by atoms with Crippen molar-refractivity contribution in [2.45, 2.75) is 18.8 Å². The van der Waals surface area contributed by atoms with Crippen molar-refractivity contribution in [3.8, 4) is 0 Å². The Balaban J connectivity index is 1.75. The number of nitrogens with one attached hydrogen (secondary N) is 1. The van der Waals surface area contributed by atoms with Gasteiger partial charge in [-0.1, -0.05) is 0 Å². The second kappa shape index (κ2) is 8.44. The van der Waals surface area contributed by atoms with E-state index < -0.39 is 0 Å². The number of carbonyl (C=O) groups is 1. The summed E-state index contributed by atoms with van der Waals surface area (Å²) in [4.78, 5) is 11.7. The van der Waals surface area contributed by atoms with Crippen molar-refractivity contribution in [3.05, 3.63) is 52.6 Å². The van der Waals surface area contributed by atoms with E-state index in [1.807, 2.05) is 5.38 Å². The third-order valence-electron chi connectivity index (χ3n) is 3.25. The lowest BCUT2D eigenvalue weighted by atomic mass is 9.95. The van der Waals surface area contributed by atoms with Crippen molar-refractivity contribution in [3.63, 3.8) is 0 Å². The molecule has 0 aliphatic rings. The largest absolute Gasteiger partial charge is 0.472 e. The molecule has 112 valence electrons. The molecule has 0 spiro atoms. The van der Waals surface area contributed by atoms with Crippen LogP contribution in [0.25, 0.3) is 6.08 Å². The van der Waals surface area contributed by atoms with Crippen LogP contribution in [0.1, 0.15) is 29.9 Å². The van der Waals surface area contributed by atoms with Crippen molar-refractivity contribution in [1.82, 2.24) is 5.32 Å². The van der Waals surface area contributed by atoms with Crippen molar-refractivity contribution in [1.29, 1.82) is 0 Å². The summed E-state index contributed by atoms with van der Waals surface area (Å²) in [5, 5.41) is 16.1. The minimum Gasteiger partial charge on any atom is -0.472 e. The zero-order valence-electron chi connectivity index (χ0n) is 11.7. The highest BCUT2D eigenvalue weighted by Crippen LogP contribution is 2.24. The summed E-state index contributed by atoms with van der Waals surface area (Å²) in [6, 6.07) is 3.86. The van der Waals surface area contributed by atoms with Crippen LogP contribution in [0, 0.1) is 0 Å². The summed E-state index contributed by atoms with van der Waals surface area (Å²) in [5.74, 6) is 0.170. The quantitative estimate of drug-likeness (QED) is 0.737. The van der Waals surface area contributed by atoms with E-state index >= 15 is 0 Å². The van der Waals surface area contributed by atoms with Gasteiger partial charge in [0.15, 0.2) is 0 Å². The first-order chi connectivity index (χ1) is 10.3. The third-order valence-corrected chi connectivity index (χ3v) is 3.96. The Morgan fingerprint density at radius 2 is 2.33 bits per heavy atom. The highest BCUT2D eigenvalue weighted by molar-refractivity contribution is 7.07. The molecule has 0 radical (unpaired) electrons. The molecule has 0 saturated heterocycles. The molecule has 0 aliphatic carbocycles. The number of aliphatic hydroxyl groups excluding tert-OH is 1. The van der Waals surface area contributed by atoms with Gasteiger partial charge in [0.05, 0.1) is 12.5 Å². The van der Waals surface area contributed by atoms with Gasteiger partial charge in [0.1, 0.15) is 0 Å². The summed E-state index contributed by atoms with van der Waals surface area (Å²) in [6.07, 6.45) is 7.90. The van der Waals surface area contributed by atoms with Crippen molar-refractivity contribution in [2.75, 3.05) is 13.2 Å². The van der Waals surface area contributed by atoms with E-state index in [-0.39, 0.29) is 12.5 Å². The Bertz CT molecular complexity index is 546. The molecule has 2 aromatic heterocycles. The van der Waals surface area contributed by atoms with Gasteiger partial charge in [0.2, 0.25) is 5.91 Å². The van der Waals surface area contributed by atoms with Crippen LogP contribution in [0.2, 0.25) is 0 Å². The van der Waals surface area contributed by atoms with E-state index in [2.05, 4.69) is 16.8 Å². The molecule has 2 heterocycles. The summed E-state index contributed by atoms with van der Waals surface area (Å²) >= 11 is 1.65. The molecule has 0 fully saturated rings. The number of aliphatic hydroxyl groups is 1. The molecule has 2 rings (SSSR count). The molecule has 1 atom stereocenters. The molecule has 0 bridgehead atoms. The van der Waals surface area contributed by atoms with Gasteiger partial charge in [0.25, 0.3) is 0 Å². The van der Waals surface area contributed by atoms with Crippen LogP contribution in [-0.4, -0.2) is 24.2 Å². The van der Waals surface area contributed by atoms with Gasteiger partial charge >= 0.3 is 0 Å². The highest BCUT2D eigenvalue weighted by Gasteiger charge is 2.11. The van der Waals surface area contributed by atoms with Crippen LogP contribution >= 0.6 is 11.3 Å². The van der Waals surface area contributed by atoms with Gasteiger partial charge in [-0.05, 0) is 53.3 Å². The summed E-state index contributed by atoms with van der Waals surface area (Å²) in [6.45, 7) is 0.754. The molecule has 21 heavy (non-hydrogen) atoms. The fraction of sp³-hybridized carbons (Fsp3) is 0.312. The number of thiophene rings is 1. The predicted molar refractivity (Wildman–Crippen MR) is 84.1 cm³/mol. The van der Waals surface area contributed by atoms with Gasteiger partial charge in [-0.2, -0.15) is 11.3 Å². The maximum atomic E-state index is 11.7. The van der Waals surface area contributed by atoms with Crippen molar-refractivity contribution < 1.29 is 14.3 Å². The van der Waals surface area contributed by atoms with Crippen LogP contribution in [0.15, 0.2) is 45.9 Å². The van der Waals surface area contributed by atoms with E-state index in [0.29, 0.717) is 12.5 Å². The van der Waals surface area contributed by atoms with Crippen LogP contribution in [0.5, 0.6) is 0 Å². The Labute approximate surface area is 128 Å². The number of hydrogen-bond acceptors (Lipinski definition) is 4. The fourth-order valence-corrected chi connectivity index (χ4v) is 2.85. The summed E-state index contributed by atoms with van der Waals surface area (Å²) in [5.41, 5.74) is 2.10. The highest BCUT2D eigenvalue weighted by atomic mass is 32.1. The zero-order valence-corrected chi connectivity index (χ0v) is 12.5. The smallest absolute Gasteiger partial charge is 0.244 e. The van der Waals surface area contributed by atoms with Gasteiger partial charge in [-0.25, -0.2) is 0 Å². The van der Waals surface area contributed by atoms with E-state index in [4.69, 9.17) is 9.52 Å². The first-order valence-corrected chi connectivity index (χ1v) is 7.85. The monoisotopic (exact) mass is 305 g/mol. The second-order valence-corrected chi connectivity index (χ2v) is 5.52. The lowest BCUT2D eigenvalue weighted by molar-refractivity contribution is -0.116. The number of carbonyl (C=O) groups excluding carboxylic acids is 1. The van der Waals surface area contributed by atoms with Crippen molar-refractivity contribution in [2.24, 2.45) is 0 Å². The molecule has 1 amide bonds. The van der Waals surface area contributed by atoms with Crippen molar-refractivity contribution >= 4 is 23.3 Å². The van der Waals surface area contributed by atoms with E-state index in [9.17, 15) is 4.79 Å². The Morgan fingerprint density at radius 1 is 1.43 bits per heavy atom. The molecule has 4 nitrogen and oxygen atoms in total. The topological polar surface area (TPSA) is 62.5 Å². The maximum Gasteiger partial charge on any atom is 0.244 e. The lowest BCUT2D eigenvalue weighted by Crippen LogP contribution is -2.23. The van der Waals surface area contributed by atoms with Crippen LogP contribution < -0.4 is 5.32 Å². The predicted octanol–water partition coefficient (Wildman–Crippen LogP) is 3.03. The first kappa shape index (κ1) is 15.5. The third kappa shape index (κ3) is 5.21. The average molecular weight is 305 g/mol. The maximum absolute atomic E-state index is 11.7. The molecule has 0 aromatic carbocycles. The molecule has 0 aliphatic heterocycles. The Kier molecular flexibility index (Phi) is 6.24. The van der Waals surface area contributed by atoms with Gasteiger partial charge in [0, 0.05) is 24.8 Å². The average Bonchev–Trinajstić information content (AvgIpc) is 3.17. The molecule has 5 heteroatoms. The summed E-state index contributed by atoms with van der Waals surface area (Å²) < 4.78 is 4.92. The second-order valence-electron chi connectivity index (χ2n) is 4.74. The first-order valence-electron chi connectivity index (χ1n) is 6.90. The van der Waals surface area contributed by atoms with E-state index in [1.54, 1.807) is 36.0 Å². The molecule has 2 aromatic rings. The standard InChI is InChI=1S/C16H19NO3S/c18-8-4-14(15-6-10-21-12-15)3-7-17-16(19)2-1-13-5-9-20-11-13/h1-2,5-6,9-12,14,18H,3-4,7-8H2,(H,17,19). The van der Waals surface area contributed by atoms with E-state index in [0.717, 1.165) is 18.4 Å². The Morgan fingerprint density at radius 3 is 3.00 bits per heavy atom. The molecule has 0 saturated carbocycles. The summed E-state index contributed by atoms with van der Waals surface area (Å²) in [7, 11) is 0. The van der Waals surface area contributed by atoms with E-state index in [1.165, 1.54) is 11.6 Å². The molecule has 2 N–H and O–H groups in total. The zero-order chi connectivity index (χ0) is 14.9. The number of furan rings is 1. The molecular weight excluding hydrogens is 286 g/mol. The van der Waals surface area contributed by atoms with Gasteiger partial charge < -0.3 is 14.8 Å². The number of hydrogen-bond donors (Lipinski definition) is 2. The fourth-order valence-electron chi connectivity index (χ4n) is 2.11. The van der Waals surface area contributed by atoms with Crippen LogP contribution in [0.3, 0.4) is 0 Å². The normalized spacial score (nSPS) is 12.6. The Hall–Kier alpha value is -1.85. The number of amides is 1. The van der Waals surface area contributed by atoms with Crippen LogP contribution in [0.4, 0.5) is 0 Å². The minimum absolute atomic E-state index is 0.121. The van der Waals surface area contributed by atoms with Crippen LogP contribution in [-0.2, 0) is 4.79 Å². The number of rotatable bonds is 8. The van der Waals surface area contributed by atoms with Gasteiger partial charge in [-0.15, -0.1) is 0 Å². The minimum atomic E-state index is -0.121.